The summed E-state index contributed by atoms with van der Waals surface area (Å²) in [6.45, 7) is 7.76. The molecule has 1 N–H and O–H groups in total. The zero-order chi connectivity index (χ0) is 15.4. The fraction of sp³-hybridized carbons (Fsp3) is 0.647. The first-order valence-corrected chi connectivity index (χ1v) is 7.82. The van der Waals surface area contributed by atoms with E-state index in [-0.39, 0.29) is 0 Å². The number of methoxy groups -OCH3 is 1. The molecule has 1 fully saturated rings. The van der Waals surface area contributed by atoms with Gasteiger partial charge in [0, 0.05) is 31.7 Å². The quantitative estimate of drug-likeness (QED) is 0.872. The summed E-state index contributed by atoms with van der Waals surface area (Å²) in [7, 11) is 5.92. The SMILES string of the molecule is COc1ccc(CN(C)C)cc1NC1CCN(C(C)C)C1. The molecule has 1 heterocycles. The average Bonchev–Trinajstić information content (AvgIpc) is 2.87. The Morgan fingerprint density at radius 2 is 2.14 bits per heavy atom. The number of nitrogens with one attached hydrogen (secondary N) is 1. The second-order valence-electron chi connectivity index (χ2n) is 6.49. The van der Waals surface area contributed by atoms with Gasteiger partial charge < -0.3 is 15.0 Å². The summed E-state index contributed by atoms with van der Waals surface area (Å²) in [6, 6.07) is 7.56. The summed E-state index contributed by atoms with van der Waals surface area (Å²) < 4.78 is 5.50. The Bertz CT molecular complexity index is 459. The van der Waals surface area contributed by atoms with Crippen molar-refractivity contribution in [1.29, 1.82) is 0 Å². The van der Waals surface area contributed by atoms with E-state index in [1.54, 1.807) is 7.11 Å². The van der Waals surface area contributed by atoms with E-state index in [0.29, 0.717) is 12.1 Å². The lowest BCUT2D eigenvalue weighted by molar-refractivity contribution is 0.274. The fourth-order valence-corrected chi connectivity index (χ4v) is 2.93. The van der Waals surface area contributed by atoms with Gasteiger partial charge in [0.1, 0.15) is 5.75 Å². The van der Waals surface area contributed by atoms with Crippen molar-refractivity contribution in [1.82, 2.24) is 9.80 Å². The van der Waals surface area contributed by atoms with Gasteiger partial charge in [0.05, 0.1) is 12.8 Å². The van der Waals surface area contributed by atoms with Gasteiger partial charge in [-0.2, -0.15) is 0 Å². The first-order valence-electron chi connectivity index (χ1n) is 7.82. The first kappa shape index (κ1) is 16.1. The van der Waals surface area contributed by atoms with Gasteiger partial charge in [-0.15, -0.1) is 0 Å². The molecular weight excluding hydrogens is 262 g/mol. The topological polar surface area (TPSA) is 27.7 Å². The van der Waals surface area contributed by atoms with Gasteiger partial charge >= 0.3 is 0 Å². The third-order valence-electron chi connectivity index (χ3n) is 4.07. The zero-order valence-electron chi connectivity index (χ0n) is 14.0. The number of anilines is 1. The molecule has 0 spiro atoms. The van der Waals surface area contributed by atoms with Gasteiger partial charge in [0.25, 0.3) is 0 Å². The van der Waals surface area contributed by atoms with E-state index in [2.05, 4.69) is 61.3 Å². The van der Waals surface area contributed by atoms with Crippen LogP contribution in [0.4, 0.5) is 5.69 Å². The summed E-state index contributed by atoms with van der Waals surface area (Å²) in [4.78, 5) is 4.70. The summed E-state index contributed by atoms with van der Waals surface area (Å²) in [5.41, 5.74) is 2.43. The number of benzene rings is 1. The minimum absolute atomic E-state index is 0.510. The molecule has 4 heteroatoms. The standard InChI is InChI=1S/C17H29N3O/c1-13(2)20-9-8-15(12-20)18-16-10-14(11-19(3)4)6-7-17(16)21-5/h6-7,10,13,15,18H,8-9,11-12H2,1-5H3. The maximum absolute atomic E-state index is 5.50. The van der Waals surface area contributed by atoms with Gasteiger partial charge in [0.15, 0.2) is 0 Å². The van der Waals surface area contributed by atoms with Crippen LogP contribution in [0.2, 0.25) is 0 Å². The third kappa shape index (κ3) is 4.35. The van der Waals surface area contributed by atoms with E-state index in [9.17, 15) is 0 Å². The number of hydrogen-bond acceptors (Lipinski definition) is 4. The smallest absolute Gasteiger partial charge is 0.141 e. The van der Waals surface area contributed by atoms with Crippen molar-refractivity contribution in [2.24, 2.45) is 0 Å². The van der Waals surface area contributed by atoms with Crippen molar-refractivity contribution in [3.8, 4) is 5.75 Å². The van der Waals surface area contributed by atoms with Gasteiger partial charge in [0.2, 0.25) is 0 Å². The lowest BCUT2D eigenvalue weighted by Crippen LogP contribution is -2.31. The molecule has 0 aromatic heterocycles. The molecule has 1 atom stereocenters. The number of hydrogen-bond donors (Lipinski definition) is 1. The monoisotopic (exact) mass is 291 g/mol. The molecule has 2 rings (SSSR count). The molecule has 0 aliphatic carbocycles. The van der Waals surface area contributed by atoms with Crippen LogP contribution < -0.4 is 10.1 Å². The van der Waals surface area contributed by atoms with Crippen LogP contribution in [-0.4, -0.2) is 56.2 Å². The molecule has 1 aromatic carbocycles. The molecule has 118 valence electrons. The van der Waals surface area contributed by atoms with E-state index in [1.807, 2.05) is 0 Å². The van der Waals surface area contributed by atoms with Gasteiger partial charge in [-0.05, 0) is 52.1 Å². The number of nitrogens with zero attached hydrogens (tertiary/aromatic N) is 2. The molecule has 1 unspecified atom stereocenters. The highest BCUT2D eigenvalue weighted by molar-refractivity contribution is 5.58. The highest BCUT2D eigenvalue weighted by Crippen LogP contribution is 2.28. The molecule has 1 aliphatic heterocycles. The Balaban J connectivity index is 2.07. The van der Waals surface area contributed by atoms with Crippen LogP contribution in [0.15, 0.2) is 18.2 Å². The lowest BCUT2D eigenvalue weighted by atomic mass is 10.1. The molecule has 0 saturated carbocycles. The van der Waals surface area contributed by atoms with Crippen molar-refractivity contribution in [2.75, 3.05) is 39.6 Å². The van der Waals surface area contributed by atoms with Crippen molar-refractivity contribution >= 4 is 5.69 Å². The maximum Gasteiger partial charge on any atom is 0.141 e. The third-order valence-corrected chi connectivity index (χ3v) is 4.07. The number of ether oxygens (including phenoxy) is 1. The predicted molar refractivity (Wildman–Crippen MR) is 89.1 cm³/mol. The van der Waals surface area contributed by atoms with E-state index < -0.39 is 0 Å². The summed E-state index contributed by atoms with van der Waals surface area (Å²) in [5.74, 6) is 0.931. The number of rotatable bonds is 6. The normalized spacial score (nSPS) is 19.5. The molecule has 1 aromatic rings. The molecule has 21 heavy (non-hydrogen) atoms. The first-order chi connectivity index (χ1) is 9.99. The van der Waals surface area contributed by atoms with E-state index in [0.717, 1.165) is 24.5 Å². The summed E-state index contributed by atoms with van der Waals surface area (Å²) in [5, 5.41) is 3.67. The lowest BCUT2D eigenvalue weighted by Gasteiger charge is -2.22. The van der Waals surface area contributed by atoms with Crippen LogP contribution in [0.3, 0.4) is 0 Å². The molecule has 0 radical (unpaired) electrons. The Hall–Kier alpha value is -1.26. The predicted octanol–water partition coefficient (Wildman–Crippen LogP) is 2.65. The molecule has 0 bridgehead atoms. The minimum Gasteiger partial charge on any atom is -0.495 e. The van der Waals surface area contributed by atoms with Crippen LogP contribution in [0.1, 0.15) is 25.8 Å². The molecule has 4 nitrogen and oxygen atoms in total. The summed E-state index contributed by atoms with van der Waals surface area (Å²) >= 11 is 0. The largest absolute Gasteiger partial charge is 0.495 e. The molecule has 0 amide bonds. The van der Waals surface area contributed by atoms with E-state index >= 15 is 0 Å². The zero-order valence-corrected chi connectivity index (χ0v) is 14.0. The summed E-state index contributed by atoms with van der Waals surface area (Å²) in [6.07, 6.45) is 1.19. The second-order valence-corrected chi connectivity index (χ2v) is 6.49. The van der Waals surface area contributed by atoms with Gasteiger partial charge in [-0.1, -0.05) is 6.07 Å². The van der Waals surface area contributed by atoms with Crippen molar-refractivity contribution in [3.05, 3.63) is 23.8 Å². The Morgan fingerprint density at radius 3 is 2.71 bits per heavy atom. The van der Waals surface area contributed by atoms with Crippen LogP contribution in [0.5, 0.6) is 5.75 Å². The maximum atomic E-state index is 5.50. The van der Waals surface area contributed by atoms with Gasteiger partial charge in [-0.3, -0.25) is 4.90 Å². The average molecular weight is 291 g/mol. The highest BCUT2D eigenvalue weighted by atomic mass is 16.5. The minimum atomic E-state index is 0.510. The molecule has 1 saturated heterocycles. The Morgan fingerprint density at radius 1 is 1.38 bits per heavy atom. The van der Waals surface area contributed by atoms with Crippen LogP contribution in [-0.2, 0) is 6.54 Å². The number of likely N-dealkylation sites (tertiary alicyclic amines) is 1. The van der Waals surface area contributed by atoms with E-state index in [1.165, 1.54) is 18.5 Å². The van der Waals surface area contributed by atoms with Crippen molar-refractivity contribution in [2.45, 2.75) is 38.9 Å². The Labute approximate surface area is 129 Å². The highest BCUT2D eigenvalue weighted by Gasteiger charge is 2.24. The second kappa shape index (κ2) is 7.14. The fourth-order valence-electron chi connectivity index (χ4n) is 2.93. The van der Waals surface area contributed by atoms with Crippen LogP contribution in [0, 0.1) is 0 Å². The Kier molecular flexibility index (Phi) is 5.48. The van der Waals surface area contributed by atoms with E-state index in [4.69, 9.17) is 4.74 Å². The van der Waals surface area contributed by atoms with Crippen molar-refractivity contribution < 1.29 is 4.74 Å². The van der Waals surface area contributed by atoms with Crippen LogP contribution in [0.25, 0.3) is 0 Å². The molecule has 1 aliphatic rings. The van der Waals surface area contributed by atoms with Crippen LogP contribution >= 0.6 is 0 Å². The van der Waals surface area contributed by atoms with Gasteiger partial charge in [-0.25, -0.2) is 0 Å². The van der Waals surface area contributed by atoms with Crippen molar-refractivity contribution in [3.63, 3.8) is 0 Å². The molecular formula is C17H29N3O.